The quantitative estimate of drug-likeness (QED) is 0.804. The number of nitrogens with two attached hydrogens (primary N) is 1. The van der Waals surface area contributed by atoms with Crippen LogP contribution in [0.15, 0.2) is 32.1 Å². The summed E-state index contributed by atoms with van der Waals surface area (Å²) in [6, 6.07) is 4.54. The molecule has 0 aliphatic heterocycles. The smallest absolute Gasteiger partial charge is 0.243 e. The van der Waals surface area contributed by atoms with E-state index < -0.39 is 10.0 Å². The first-order valence-corrected chi connectivity index (χ1v) is 7.50. The zero-order chi connectivity index (χ0) is 14.0. The van der Waals surface area contributed by atoms with Crippen LogP contribution in [0.3, 0.4) is 0 Å². The van der Waals surface area contributed by atoms with E-state index in [1.165, 1.54) is 12.1 Å². The van der Waals surface area contributed by atoms with Gasteiger partial charge in [-0.15, -0.1) is 0 Å². The number of aromatic nitrogens is 2. The van der Waals surface area contributed by atoms with Crippen LogP contribution in [-0.4, -0.2) is 18.6 Å². The first-order chi connectivity index (χ1) is 8.88. The van der Waals surface area contributed by atoms with Crippen LogP contribution in [0, 0.1) is 6.92 Å². The summed E-state index contributed by atoms with van der Waals surface area (Å²) in [5.74, 6) is 0.633. The Morgan fingerprint density at radius 3 is 2.79 bits per heavy atom. The highest BCUT2D eigenvalue weighted by Gasteiger charge is 2.18. The van der Waals surface area contributed by atoms with Crippen molar-refractivity contribution in [1.29, 1.82) is 0 Å². The molecule has 102 valence electrons. The zero-order valence-corrected chi connectivity index (χ0v) is 12.3. The Balaban J connectivity index is 2.18. The van der Waals surface area contributed by atoms with Crippen molar-refractivity contribution >= 4 is 31.6 Å². The molecule has 0 aliphatic rings. The Bertz CT molecular complexity index is 699. The molecule has 7 nitrogen and oxygen atoms in total. The zero-order valence-electron chi connectivity index (χ0n) is 9.92. The van der Waals surface area contributed by atoms with Crippen LogP contribution in [0.4, 0.5) is 5.69 Å². The number of nitrogens with one attached hydrogen (secondary N) is 1. The predicted octanol–water partition coefficient (Wildman–Crippen LogP) is 1.20. The minimum absolute atomic E-state index is 0.00642. The molecule has 0 saturated heterocycles. The van der Waals surface area contributed by atoms with Crippen molar-refractivity contribution in [2.45, 2.75) is 18.4 Å². The van der Waals surface area contributed by atoms with Gasteiger partial charge >= 0.3 is 0 Å². The Morgan fingerprint density at radius 1 is 1.47 bits per heavy atom. The molecule has 0 saturated carbocycles. The van der Waals surface area contributed by atoms with Crippen molar-refractivity contribution in [2.24, 2.45) is 0 Å². The van der Waals surface area contributed by atoms with Gasteiger partial charge in [0.1, 0.15) is 4.90 Å². The standard InChI is InChI=1S/C10H11BrN4O3S/c1-6-14-10(18-15-6)5-13-19(16,17)9-3-2-7(11)4-8(9)12/h2-4,13H,5,12H2,1H3. The highest BCUT2D eigenvalue weighted by Crippen LogP contribution is 2.22. The number of anilines is 1. The van der Waals surface area contributed by atoms with Crippen molar-refractivity contribution in [1.82, 2.24) is 14.9 Å². The Hall–Kier alpha value is -1.45. The normalized spacial score (nSPS) is 11.7. The fraction of sp³-hybridized carbons (Fsp3) is 0.200. The minimum Gasteiger partial charge on any atom is -0.398 e. The van der Waals surface area contributed by atoms with E-state index in [-0.39, 0.29) is 23.0 Å². The second kappa shape index (κ2) is 5.27. The molecule has 1 aromatic carbocycles. The van der Waals surface area contributed by atoms with Crippen molar-refractivity contribution in [2.75, 3.05) is 5.73 Å². The maximum Gasteiger partial charge on any atom is 0.243 e. The second-order valence-electron chi connectivity index (χ2n) is 3.74. The molecule has 1 heterocycles. The van der Waals surface area contributed by atoms with Crippen LogP contribution >= 0.6 is 15.9 Å². The van der Waals surface area contributed by atoms with Crippen molar-refractivity contribution in [3.05, 3.63) is 34.4 Å². The van der Waals surface area contributed by atoms with Gasteiger partial charge < -0.3 is 10.3 Å². The largest absolute Gasteiger partial charge is 0.398 e. The summed E-state index contributed by atoms with van der Waals surface area (Å²) in [7, 11) is -3.72. The number of nitrogen functional groups attached to an aromatic ring is 1. The molecule has 0 unspecified atom stereocenters. The number of aryl methyl sites for hydroxylation is 1. The summed E-state index contributed by atoms with van der Waals surface area (Å²) in [6.07, 6.45) is 0. The fourth-order valence-electron chi connectivity index (χ4n) is 1.41. The van der Waals surface area contributed by atoms with Crippen LogP contribution in [0.25, 0.3) is 0 Å². The monoisotopic (exact) mass is 346 g/mol. The summed E-state index contributed by atoms with van der Waals surface area (Å²) < 4.78 is 32.0. The first-order valence-electron chi connectivity index (χ1n) is 5.22. The van der Waals surface area contributed by atoms with Gasteiger partial charge in [-0.1, -0.05) is 21.1 Å². The van der Waals surface area contributed by atoms with Gasteiger partial charge in [-0.25, -0.2) is 13.1 Å². The molecule has 0 fully saturated rings. The van der Waals surface area contributed by atoms with Gasteiger partial charge in [0, 0.05) is 4.47 Å². The Morgan fingerprint density at radius 2 is 2.21 bits per heavy atom. The Kier molecular flexibility index (Phi) is 3.88. The molecule has 2 rings (SSSR count). The van der Waals surface area contributed by atoms with E-state index >= 15 is 0 Å². The lowest BCUT2D eigenvalue weighted by atomic mass is 10.3. The highest BCUT2D eigenvalue weighted by molar-refractivity contribution is 9.10. The summed E-state index contributed by atoms with van der Waals surface area (Å²) in [5, 5.41) is 3.57. The summed E-state index contributed by atoms with van der Waals surface area (Å²) >= 11 is 3.21. The van der Waals surface area contributed by atoms with E-state index in [9.17, 15) is 8.42 Å². The van der Waals surface area contributed by atoms with Crippen LogP contribution in [-0.2, 0) is 16.6 Å². The van der Waals surface area contributed by atoms with E-state index in [1.807, 2.05) is 0 Å². The molecule has 0 spiro atoms. The van der Waals surface area contributed by atoms with E-state index in [1.54, 1.807) is 13.0 Å². The van der Waals surface area contributed by atoms with E-state index in [0.717, 1.165) is 0 Å². The third-order valence-corrected chi connectivity index (χ3v) is 4.21. The van der Waals surface area contributed by atoms with Gasteiger partial charge in [0.05, 0.1) is 12.2 Å². The minimum atomic E-state index is -3.72. The van der Waals surface area contributed by atoms with Crippen LogP contribution in [0.1, 0.15) is 11.7 Å². The lowest BCUT2D eigenvalue weighted by Crippen LogP contribution is -2.24. The number of hydrogen-bond acceptors (Lipinski definition) is 6. The van der Waals surface area contributed by atoms with Crippen LogP contribution < -0.4 is 10.5 Å². The van der Waals surface area contributed by atoms with Gasteiger partial charge in [-0.05, 0) is 25.1 Å². The SMILES string of the molecule is Cc1noc(CNS(=O)(=O)c2ccc(Br)cc2N)n1. The van der Waals surface area contributed by atoms with Gasteiger partial charge in [0.25, 0.3) is 0 Å². The van der Waals surface area contributed by atoms with E-state index in [0.29, 0.717) is 10.3 Å². The third kappa shape index (κ3) is 3.31. The number of rotatable bonds is 4. The molecule has 19 heavy (non-hydrogen) atoms. The molecular weight excluding hydrogens is 336 g/mol. The summed E-state index contributed by atoms with van der Waals surface area (Å²) in [5.41, 5.74) is 5.84. The average Bonchev–Trinajstić information content (AvgIpc) is 2.72. The molecule has 0 aliphatic carbocycles. The number of hydrogen-bond donors (Lipinski definition) is 2. The predicted molar refractivity (Wildman–Crippen MR) is 71.6 cm³/mol. The number of benzene rings is 1. The van der Waals surface area contributed by atoms with Crippen molar-refractivity contribution in [3.8, 4) is 0 Å². The van der Waals surface area contributed by atoms with Gasteiger partial charge in [-0.2, -0.15) is 4.98 Å². The number of nitrogens with zero attached hydrogens (tertiary/aromatic N) is 2. The molecule has 3 N–H and O–H groups in total. The molecule has 0 atom stereocenters. The van der Waals surface area contributed by atoms with Gasteiger partial charge in [0.15, 0.2) is 5.82 Å². The van der Waals surface area contributed by atoms with Crippen molar-refractivity contribution < 1.29 is 12.9 Å². The fourth-order valence-corrected chi connectivity index (χ4v) is 2.87. The van der Waals surface area contributed by atoms with E-state index in [4.69, 9.17) is 10.3 Å². The van der Waals surface area contributed by atoms with Gasteiger partial charge in [-0.3, -0.25) is 0 Å². The maximum atomic E-state index is 12.0. The maximum absolute atomic E-state index is 12.0. The molecular formula is C10H11BrN4O3S. The molecule has 0 bridgehead atoms. The number of sulfonamides is 1. The van der Waals surface area contributed by atoms with Crippen molar-refractivity contribution in [3.63, 3.8) is 0 Å². The molecule has 9 heteroatoms. The average molecular weight is 347 g/mol. The van der Waals surface area contributed by atoms with Gasteiger partial charge in [0.2, 0.25) is 15.9 Å². The molecule has 1 aromatic heterocycles. The topological polar surface area (TPSA) is 111 Å². The van der Waals surface area contributed by atoms with Crippen LogP contribution in [0.5, 0.6) is 0 Å². The van der Waals surface area contributed by atoms with E-state index in [2.05, 4.69) is 30.8 Å². The molecule has 0 radical (unpaired) electrons. The second-order valence-corrected chi connectivity index (χ2v) is 6.39. The molecule has 0 amide bonds. The summed E-state index contributed by atoms with van der Waals surface area (Å²) in [4.78, 5) is 3.91. The Labute approximate surface area is 118 Å². The first kappa shape index (κ1) is 14.0. The molecule has 2 aromatic rings. The highest BCUT2D eigenvalue weighted by atomic mass is 79.9. The number of halogens is 1. The summed E-state index contributed by atoms with van der Waals surface area (Å²) in [6.45, 7) is 1.56. The third-order valence-electron chi connectivity index (χ3n) is 2.24. The van der Waals surface area contributed by atoms with Crippen LogP contribution in [0.2, 0.25) is 0 Å². The lowest BCUT2D eigenvalue weighted by molar-refractivity contribution is 0.372. The lowest BCUT2D eigenvalue weighted by Gasteiger charge is -2.07.